The van der Waals surface area contributed by atoms with Crippen LogP contribution < -0.4 is 5.32 Å². The minimum atomic E-state index is -2.93. The Morgan fingerprint density at radius 2 is 1.72 bits per heavy atom. The third-order valence-electron chi connectivity index (χ3n) is 2.48. The molecule has 0 heterocycles. The highest BCUT2D eigenvalue weighted by Gasteiger charge is 2.30. The first-order valence-corrected chi connectivity index (χ1v) is 5.47. The number of aliphatic carboxylic acids is 1. The Morgan fingerprint density at radius 1 is 1.22 bits per heavy atom. The van der Waals surface area contributed by atoms with E-state index in [-0.39, 0.29) is 5.92 Å². The van der Waals surface area contributed by atoms with E-state index >= 15 is 0 Å². The van der Waals surface area contributed by atoms with Crippen LogP contribution in [0.2, 0.25) is 0 Å². The summed E-state index contributed by atoms with van der Waals surface area (Å²) in [5, 5.41) is 10.9. The van der Waals surface area contributed by atoms with Gasteiger partial charge in [0.05, 0.1) is 5.92 Å². The normalized spacial score (nSPS) is 14.4. The van der Waals surface area contributed by atoms with E-state index in [9.17, 15) is 23.2 Å². The van der Waals surface area contributed by atoms with Crippen molar-refractivity contribution in [1.82, 2.24) is 5.32 Å². The van der Waals surface area contributed by atoms with E-state index < -0.39 is 42.5 Å². The maximum Gasteiger partial charge on any atom is 0.326 e. The zero-order chi connectivity index (χ0) is 14.5. The SMILES string of the molecule is CC(=O)C(CC(=O)NC(C(=O)O)C(C)C)C(F)F. The van der Waals surface area contributed by atoms with Crippen molar-refractivity contribution in [2.24, 2.45) is 11.8 Å². The van der Waals surface area contributed by atoms with Crippen molar-refractivity contribution >= 4 is 17.7 Å². The lowest BCUT2D eigenvalue weighted by Crippen LogP contribution is -2.45. The molecule has 7 heteroatoms. The van der Waals surface area contributed by atoms with Gasteiger partial charge in [-0.15, -0.1) is 0 Å². The van der Waals surface area contributed by atoms with E-state index in [0.717, 1.165) is 6.92 Å². The molecule has 0 saturated carbocycles. The molecule has 0 aromatic rings. The Labute approximate surface area is 104 Å². The Morgan fingerprint density at radius 3 is 2.00 bits per heavy atom. The second-order valence-corrected chi connectivity index (χ2v) is 4.38. The average molecular weight is 265 g/mol. The molecule has 2 unspecified atom stereocenters. The zero-order valence-electron chi connectivity index (χ0n) is 10.4. The maximum absolute atomic E-state index is 12.4. The summed E-state index contributed by atoms with van der Waals surface area (Å²) in [6, 6.07) is -1.15. The molecule has 2 N–H and O–H groups in total. The van der Waals surface area contributed by atoms with Crippen LogP contribution in [0.4, 0.5) is 8.78 Å². The lowest BCUT2D eigenvalue weighted by atomic mass is 10.00. The van der Waals surface area contributed by atoms with E-state index in [1.807, 2.05) is 0 Å². The predicted molar refractivity (Wildman–Crippen MR) is 59.2 cm³/mol. The van der Waals surface area contributed by atoms with Gasteiger partial charge in [0.1, 0.15) is 11.8 Å². The molecule has 0 aromatic heterocycles. The molecule has 0 spiro atoms. The van der Waals surface area contributed by atoms with Crippen molar-refractivity contribution in [3.63, 3.8) is 0 Å². The number of carboxylic acids is 1. The minimum Gasteiger partial charge on any atom is -0.480 e. The van der Waals surface area contributed by atoms with E-state index in [1.165, 1.54) is 0 Å². The van der Waals surface area contributed by atoms with Crippen LogP contribution in [0.15, 0.2) is 0 Å². The molecule has 0 rings (SSSR count). The summed E-state index contributed by atoms with van der Waals surface area (Å²) >= 11 is 0. The quantitative estimate of drug-likeness (QED) is 0.721. The van der Waals surface area contributed by atoms with Crippen molar-refractivity contribution in [3.8, 4) is 0 Å². The molecule has 0 fully saturated rings. The van der Waals surface area contributed by atoms with Crippen LogP contribution in [-0.2, 0) is 14.4 Å². The van der Waals surface area contributed by atoms with Gasteiger partial charge in [-0.2, -0.15) is 0 Å². The van der Waals surface area contributed by atoms with Crippen molar-refractivity contribution < 1.29 is 28.3 Å². The lowest BCUT2D eigenvalue weighted by Gasteiger charge is -2.19. The highest BCUT2D eigenvalue weighted by Crippen LogP contribution is 2.15. The van der Waals surface area contributed by atoms with Gasteiger partial charge in [-0.3, -0.25) is 9.59 Å². The van der Waals surface area contributed by atoms with E-state index in [0.29, 0.717) is 0 Å². The number of carbonyl (C=O) groups is 3. The van der Waals surface area contributed by atoms with Gasteiger partial charge in [0, 0.05) is 6.42 Å². The Kier molecular flexibility index (Phi) is 6.43. The molecule has 0 aromatic carbocycles. The van der Waals surface area contributed by atoms with Crippen LogP contribution in [0, 0.1) is 11.8 Å². The average Bonchev–Trinajstić information content (AvgIpc) is 2.20. The van der Waals surface area contributed by atoms with Crippen molar-refractivity contribution in [2.75, 3.05) is 0 Å². The molecule has 0 aliphatic carbocycles. The number of halogens is 2. The Bertz CT molecular complexity index is 301. The van der Waals surface area contributed by atoms with Gasteiger partial charge in [-0.1, -0.05) is 13.8 Å². The molecular weight excluding hydrogens is 248 g/mol. The molecule has 18 heavy (non-hydrogen) atoms. The van der Waals surface area contributed by atoms with E-state index in [4.69, 9.17) is 5.11 Å². The largest absolute Gasteiger partial charge is 0.480 e. The van der Waals surface area contributed by atoms with E-state index in [1.54, 1.807) is 13.8 Å². The predicted octanol–water partition coefficient (Wildman–Crippen LogP) is 1.07. The van der Waals surface area contributed by atoms with Crippen LogP contribution in [0.5, 0.6) is 0 Å². The van der Waals surface area contributed by atoms with Gasteiger partial charge >= 0.3 is 5.97 Å². The summed E-state index contributed by atoms with van der Waals surface area (Å²) in [5.74, 6) is -4.97. The molecule has 5 nitrogen and oxygen atoms in total. The molecule has 0 aliphatic rings. The standard InChI is InChI=1S/C11H17F2NO4/c1-5(2)9(11(17)18)14-8(16)4-7(6(3)15)10(12)13/h5,7,9-10H,4H2,1-3H3,(H,14,16)(H,17,18). The number of carboxylic acid groups (broad SMARTS) is 1. The summed E-state index contributed by atoms with van der Waals surface area (Å²) in [5.41, 5.74) is 0. The molecular formula is C11H17F2NO4. The van der Waals surface area contributed by atoms with Gasteiger partial charge in [0.25, 0.3) is 0 Å². The topological polar surface area (TPSA) is 83.5 Å². The second-order valence-electron chi connectivity index (χ2n) is 4.38. The van der Waals surface area contributed by atoms with Gasteiger partial charge in [-0.05, 0) is 12.8 Å². The van der Waals surface area contributed by atoms with Gasteiger partial charge < -0.3 is 10.4 Å². The first-order valence-electron chi connectivity index (χ1n) is 5.47. The summed E-state index contributed by atoms with van der Waals surface area (Å²) in [4.78, 5) is 33.1. The molecule has 104 valence electrons. The molecule has 1 amide bonds. The molecule has 0 saturated heterocycles. The van der Waals surface area contributed by atoms with Crippen LogP contribution in [-0.4, -0.2) is 35.2 Å². The summed E-state index contributed by atoms with van der Waals surface area (Å²) in [6.07, 6.45) is -3.64. The van der Waals surface area contributed by atoms with Crippen LogP contribution in [0.1, 0.15) is 27.2 Å². The molecule has 0 aliphatic heterocycles. The number of rotatable bonds is 7. The van der Waals surface area contributed by atoms with Gasteiger partial charge in [-0.25, -0.2) is 13.6 Å². The number of hydrogen-bond acceptors (Lipinski definition) is 3. The summed E-state index contributed by atoms with van der Waals surface area (Å²) in [7, 11) is 0. The highest BCUT2D eigenvalue weighted by atomic mass is 19.3. The van der Waals surface area contributed by atoms with Gasteiger partial charge in [0.2, 0.25) is 12.3 Å². The monoisotopic (exact) mass is 265 g/mol. The summed E-state index contributed by atoms with van der Waals surface area (Å²) < 4.78 is 24.9. The second kappa shape index (κ2) is 7.03. The third-order valence-corrected chi connectivity index (χ3v) is 2.48. The fourth-order valence-electron chi connectivity index (χ4n) is 1.36. The third kappa shape index (κ3) is 5.20. The number of hydrogen-bond donors (Lipinski definition) is 2. The minimum absolute atomic E-state index is 0.381. The fourth-order valence-corrected chi connectivity index (χ4v) is 1.36. The van der Waals surface area contributed by atoms with Crippen molar-refractivity contribution in [1.29, 1.82) is 0 Å². The zero-order valence-corrected chi connectivity index (χ0v) is 10.4. The smallest absolute Gasteiger partial charge is 0.326 e. The van der Waals surface area contributed by atoms with Gasteiger partial charge in [0.15, 0.2) is 0 Å². The number of amides is 1. The maximum atomic E-state index is 12.4. The Balaban J connectivity index is 4.57. The van der Waals surface area contributed by atoms with Crippen LogP contribution in [0.25, 0.3) is 0 Å². The first-order chi connectivity index (χ1) is 8.16. The summed E-state index contributed by atoms with van der Waals surface area (Å²) in [6.45, 7) is 4.13. The Hall–Kier alpha value is -1.53. The first kappa shape index (κ1) is 16.5. The number of alkyl halides is 2. The lowest BCUT2D eigenvalue weighted by molar-refractivity contribution is -0.143. The number of ketones is 1. The fraction of sp³-hybridized carbons (Fsp3) is 0.727. The van der Waals surface area contributed by atoms with E-state index in [2.05, 4.69) is 5.32 Å². The van der Waals surface area contributed by atoms with Crippen molar-refractivity contribution in [3.05, 3.63) is 0 Å². The number of Topliss-reactive ketones (excluding diaryl/α,β-unsaturated/α-hetero) is 1. The van der Waals surface area contributed by atoms with Crippen LogP contribution >= 0.6 is 0 Å². The molecule has 0 radical (unpaired) electrons. The number of carbonyl (C=O) groups excluding carboxylic acids is 2. The number of nitrogens with one attached hydrogen (secondary N) is 1. The highest BCUT2D eigenvalue weighted by molar-refractivity contribution is 5.88. The van der Waals surface area contributed by atoms with Crippen molar-refractivity contribution in [2.45, 2.75) is 39.7 Å². The molecule has 2 atom stereocenters. The molecule has 0 bridgehead atoms. The van der Waals surface area contributed by atoms with Crippen LogP contribution in [0.3, 0.4) is 0 Å².